The Labute approximate surface area is 108 Å². The molecule has 0 amide bonds. The Morgan fingerprint density at radius 3 is 2.32 bits per heavy atom. The average Bonchev–Trinajstić information content (AvgIpc) is 3.08. The smallest absolute Gasteiger partial charge is 0.394 e. The van der Waals surface area contributed by atoms with Gasteiger partial charge in [-0.15, -0.1) is 0 Å². The van der Waals surface area contributed by atoms with Crippen LogP contribution in [0.4, 0.5) is 13.2 Å². The zero-order chi connectivity index (χ0) is 14.3. The van der Waals surface area contributed by atoms with E-state index in [0.717, 1.165) is 12.1 Å². The molecule has 0 spiro atoms. The predicted molar refractivity (Wildman–Crippen MR) is 60.8 cm³/mol. The number of benzene rings is 1. The zero-order valence-electron chi connectivity index (χ0n) is 9.74. The SMILES string of the molecule is O=S(=O)(NC1(CO)CC1)c1ccccc1C(F)(F)F. The van der Waals surface area contributed by atoms with Crippen LogP contribution >= 0.6 is 0 Å². The maximum Gasteiger partial charge on any atom is 0.417 e. The highest BCUT2D eigenvalue weighted by Gasteiger charge is 2.47. The van der Waals surface area contributed by atoms with Crippen LogP contribution in [-0.4, -0.2) is 25.7 Å². The highest BCUT2D eigenvalue weighted by molar-refractivity contribution is 7.89. The van der Waals surface area contributed by atoms with Gasteiger partial charge in [0.05, 0.1) is 22.6 Å². The van der Waals surface area contributed by atoms with E-state index >= 15 is 0 Å². The van der Waals surface area contributed by atoms with Gasteiger partial charge in [0.2, 0.25) is 10.0 Å². The van der Waals surface area contributed by atoms with Gasteiger partial charge in [0.25, 0.3) is 0 Å². The molecule has 1 saturated carbocycles. The lowest BCUT2D eigenvalue weighted by molar-refractivity contribution is -0.139. The maximum absolute atomic E-state index is 12.8. The third kappa shape index (κ3) is 2.90. The Morgan fingerprint density at radius 1 is 1.26 bits per heavy atom. The Kier molecular flexibility index (Phi) is 3.36. The molecule has 0 aromatic heterocycles. The Bertz CT molecular complexity index is 579. The summed E-state index contributed by atoms with van der Waals surface area (Å²) in [6.45, 7) is -0.430. The van der Waals surface area contributed by atoms with Crippen LogP contribution in [0.25, 0.3) is 0 Å². The molecular formula is C11H12F3NO3S. The van der Waals surface area contributed by atoms with Crippen molar-refractivity contribution in [2.75, 3.05) is 6.61 Å². The van der Waals surface area contributed by atoms with E-state index in [4.69, 9.17) is 5.11 Å². The minimum atomic E-state index is -4.75. The number of halogens is 3. The fraction of sp³-hybridized carbons (Fsp3) is 0.455. The molecule has 1 aliphatic carbocycles. The fourth-order valence-electron chi connectivity index (χ4n) is 1.72. The lowest BCUT2D eigenvalue weighted by atomic mass is 10.2. The quantitative estimate of drug-likeness (QED) is 0.885. The van der Waals surface area contributed by atoms with Gasteiger partial charge in [-0.1, -0.05) is 12.1 Å². The summed E-state index contributed by atoms with van der Waals surface area (Å²) >= 11 is 0. The van der Waals surface area contributed by atoms with Crippen LogP contribution in [0, 0.1) is 0 Å². The highest BCUT2D eigenvalue weighted by Crippen LogP contribution is 2.38. The van der Waals surface area contributed by atoms with Gasteiger partial charge in [0.1, 0.15) is 0 Å². The summed E-state index contributed by atoms with van der Waals surface area (Å²) in [7, 11) is -4.31. The summed E-state index contributed by atoms with van der Waals surface area (Å²) in [6.07, 6.45) is -3.92. The lowest BCUT2D eigenvalue weighted by Crippen LogP contribution is -2.40. The maximum atomic E-state index is 12.8. The van der Waals surface area contributed by atoms with E-state index in [9.17, 15) is 21.6 Å². The number of aliphatic hydroxyl groups is 1. The van der Waals surface area contributed by atoms with Crippen molar-refractivity contribution in [1.29, 1.82) is 0 Å². The standard InChI is InChI=1S/C11H12F3NO3S/c12-11(13,14)8-3-1-2-4-9(8)19(17,18)15-10(7-16)5-6-10/h1-4,15-16H,5-7H2. The van der Waals surface area contributed by atoms with Crippen LogP contribution in [0.2, 0.25) is 0 Å². The van der Waals surface area contributed by atoms with Gasteiger partial charge in [0.15, 0.2) is 0 Å². The van der Waals surface area contributed by atoms with E-state index in [-0.39, 0.29) is 0 Å². The van der Waals surface area contributed by atoms with E-state index in [1.807, 2.05) is 0 Å². The molecular weight excluding hydrogens is 283 g/mol. The van der Waals surface area contributed by atoms with E-state index in [1.165, 1.54) is 6.07 Å². The monoisotopic (exact) mass is 295 g/mol. The molecule has 4 nitrogen and oxygen atoms in total. The number of rotatable bonds is 4. The predicted octanol–water partition coefficient (Wildman–Crippen LogP) is 1.51. The van der Waals surface area contributed by atoms with E-state index in [0.29, 0.717) is 18.9 Å². The van der Waals surface area contributed by atoms with E-state index < -0.39 is 38.8 Å². The zero-order valence-corrected chi connectivity index (χ0v) is 10.6. The number of alkyl halides is 3. The number of aliphatic hydroxyl groups excluding tert-OH is 1. The third-order valence-corrected chi connectivity index (χ3v) is 4.63. The van der Waals surface area contributed by atoms with Crippen molar-refractivity contribution in [3.63, 3.8) is 0 Å². The number of sulfonamides is 1. The second-order valence-electron chi connectivity index (χ2n) is 4.54. The van der Waals surface area contributed by atoms with Gasteiger partial charge in [-0.05, 0) is 25.0 Å². The minimum Gasteiger partial charge on any atom is -0.394 e. The normalized spacial score (nSPS) is 18.3. The second kappa shape index (κ2) is 4.46. The first-order chi connectivity index (χ1) is 8.70. The molecule has 0 atom stereocenters. The molecule has 0 radical (unpaired) electrons. The molecule has 0 heterocycles. The summed E-state index contributed by atoms with van der Waals surface area (Å²) in [6, 6.07) is 3.97. The fourth-order valence-corrected chi connectivity index (χ4v) is 3.40. The molecule has 19 heavy (non-hydrogen) atoms. The Hall–Kier alpha value is -1.12. The number of hydrogen-bond acceptors (Lipinski definition) is 3. The van der Waals surface area contributed by atoms with Crippen molar-refractivity contribution in [3.05, 3.63) is 29.8 Å². The van der Waals surface area contributed by atoms with E-state index in [1.54, 1.807) is 0 Å². The third-order valence-electron chi connectivity index (χ3n) is 2.99. The van der Waals surface area contributed by atoms with Crippen molar-refractivity contribution in [2.45, 2.75) is 29.5 Å². The summed E-state index contributed by atoms with van der Waals surface area (Å²) in [5, 5.41) is 9.05. The topological polar surface area (TPSA) is 66.4 Å². The highest BCUT2D eigenvalue weighted by atomic mass is 32.2. The molecule has 0 saturated heterocycles. The molecule has 106 valence electrons. The van der Waals surface area contributed by atoms with Crippen LogP contribution in [0.5, 0.6) is 0 Å². The lowest BCUT2D eigenvalue weighted by Gasteiger charge is -2.17. The summed E-state index contributed by atoms with van der Waals surface area (Å²) in [5.74, 6) is 0. The van der Waals surface area contributed by atoms with Gasteiger partial charge in [-0.2, -0.15) is 13.2 Å². The van der Waals surface area contributed by atoms with Gasteiger partial charge >= 0.3 is 6.18 Å². The Morgan fingerprint density at radius 2 is 1.84 bits per heavy atom. The first-order valence-electron chi connectivity index (χ1n) is 5.51. The van der Waals surface area contributed by atoms with Crippen LogP contribution in [0.1, 0.15) is 18.4 Å². The molecule has 1 aliphatic rings. The van der Waals surface area contributed by atoms with Gasteiger partial charge in [-0.25, -0.2) is 13.1 Å². The van der Waals surface area contributed by atoms with E-state index in [2.05, 4.69) is 4.72 Å². The molecule has 1 aromatic carbocycles. The number of nitrogens with one attached hydrogen (secondary N) is 1. The molecule has 0 unspecified atom stereocenters. The molecule has 1 aromatic rings. The van der Waals surface area contributed by atoms with Crippen molar-refractivity contribution in [2.24, 2.45) is 0 Å². The second-order valence-corrected chi connectivity index (χ2v) is 6.19. The van der Waals surface area contributed by atoms with Crippen molar-refractivity contribution in [3.8, 4) is 0 Å². The van der Waals surface area contributed by atoms with Crippen molar-refractivity contribution >= 4 is 10.0 Å². The first kappa shape index (κ1) is 14.3. The van der Waals surface area contributed by atoms with Crippen molar-refractivity contribution < 1.29 is 26.7 Å². The van der Waals surface area contributed by atoms with Gasteiger partial charge < -0.3 is 5.11 Å². The Balaban J connectivity index is 2.41. The summed E-state index contributed by atoms with van der Waals surface area (Å²) in [5.41, 5.74) is -2.21. The average molecular weight is 295 g/mol. The molecule has 0 bridgehead atoms. The molecule has 2 rings (SSSR count). The molecule has 0 aliphatic heterocycles. The minimum absolute atomic E-state index is 0.414. The van der Waals surface area contributed by atoms with Crippen molar-refractivity contribution in [1.82, 2.24) is 4.72 Å². The summed E-state index contributed by atoms with van der Waals surface area (Å²) in [4.78, 5) is -0.817. The summed E-state index contributed by atoms with van der Waals surface area (Å²) < 4.78 is 64.4. The number of hydrogen-bond donors (Lipinski definition) is 2. The van der Waals surface area contributed by atoms with Gasteiger partial charge in [0, 0.05) is 0 Å². The molecule has 2 N–H and O–H groups in total. The van der Waals surface area contributed by atoms with Crippen LogP contribution in [0.3, 0.4) is 0 Å². The molecule has 1 fully saturated rings. The van der Waals surface area contributed by atoms with Gasteiger partial charge in [-0.3, -0.25) is 0 Å². The first-order valence-corrected chi connectivity index (χ1v) is 7.00. The molecule has 8 heteroatoms. The largest absolute Gasteiger partial charge is 0.417 e. The van der Waals surface area contributed by atoms with Crippen LogP contribution < -0.4 is 4.72 Å². The van der Waals surface area contributed by atoms with Crippen LogP contribution in [0.15, 0.2) is 29.2 Å². The van der Waals surface area contributed by atoms with Crippen LogP contribution in [-0.2, 0) is 16.2 Å².